The molecule has 2 atom stereocenters. The fourth-order valence-electron chi connectivity index (χ4n) is 3.40. The van der Waals surface area contributed by atoms with Crippen molar-refractivity contribution in [1.29, 1.82) is 0 Å². The number of rotatable bonds is 6. The van der Waals surface area contributed by atoms with Crippen molar-refractivity contribution in [3.05, 3.63) is 47.5 Å². The monoisotopic (exact) mass is 400 g/mol. The second-order valence-corrected chi connectivity index (χ2v) is 7.77. The number of benzene rings is 1. The number of carbonyl (C=O) groups is 3. The van der Waals surface area contributed by atoms with Crippen molar-refractivity contribution in [1.82, 2.24) is 15.2 Å². The number of anilines is 1. The number of amides is 3. The molecular formula is C20H24N4O3S. The van der Waals surface area contributed by atoms with Gasteiger partial charge in [-0.3, -0.25) is 14.4 Å². The molecule has 2 heterocycles. The zero-order valence-corrected chi connectivity index (χ0v) is 16.6. The Kier molecular flexibility index (Phi) is 6.76. The fraction of sp³-hybridized carbons (Fsp3) is 0.400. The molecule has 2 unspecified atom stereocenters. The Bertz CT molecular complexity index is 810. The van der Waals surface area contributed by atoms with Gasteiger partial charge in [0.25, 0.3) is 0 Å². The molecule has 0 radical (unpaired) electrons. The van der Waals surface area contributed by atoms with Gasteiger partial charge in [0.1, 0.15) is 0 Å². The highest BCUT2D eigenvalue weighted by molar-refractivity contribution is 7.13. The highest BCUT2D eigenvalue weighted by Crippen LogP contribution is 2.23. The van der Waals surface area contributed by atoms with Crippen molar-refractivity contribution < 1.29 is 14.4 Å². The number of aromatic nitrogens is 1. The first-order valence-electron chi connectivity index (χ1n) is 9.33. The fourth-order valence-corrected chi connectivity index (χ4v) is 3.93. The van der Waals surface area contributed by atoms with Crippen molar-refractivity contribution >= 4 is 34.2 Å². The van der Waals surface area contributed by atoms with Gasteiger partial charge in [-0.2, -0.15) is 0 Å². The van der Waals surface area contributed by atoms with E-state index in [1.54, 1.807) is 16.5 Å². The number of piperidine rings is 1. The number of nitrogens with one attached hydrogen (secondary N) is 2. The predicted molar refractivity (Wildman–Crippen MR) is 108 cm³/mol. The second kappa shape index (κ2) is 9.45. The second-order valence-electron chi connectivity index (χ2n) is 6.87. The molecule has 0 saturated carbocycles. The van der Waals surface area contributed by atoms with Crippen LogP contribution in [0, 0.1) is 5.92 Å². The van der Waals surface area contributed by atoms with Gasteiger partial charge in [-0.15, -0.1) is 11.3 Å². The normalized spacial score (nSPS) is 17.6. The Labute approximate surface area is 168 Å². The van der Waals surface area contributed by atoms with E-state index in [-0.39, 0.29) is 36.1 Å². The van der Waals surface area contributed by atoms with Crippen LogP contribution in [0.4, 0.5) is 5.13 Å². The summed E-state index contributed by atoms with van der Waals surface area (Å²) < 4.78 is 0. The van der Waals surface area contributed by atoms with Crippen molar-refractivity contribution in [3.8, 4) is 0 Å². The van der Waals surface area contributed by atoms with Gasteiger partial charge in [-0.25, -0.2) is 4.98 Å². The van der Waals surface area contributed by atoms with E-state index in [4.69, 9.17) is 0 Å². The molecule has 3 rings (SSSR count). The smallest absolute Gasteiger partial charge is 0.231 e. The summed E-state index contributed by atoms with van der Waals surface area (Å²) in [6.07, 6.45) is 3.33. The quantitative estimate of drug-likeness (QED) is 0.780. The minimum absolute atomic E-state index is 0.0608. The van der Waals surface area contributed by atoms with E-state index in [0.717, 1.165) is 18.4 Å². The molecule has 1 aliphatic rings. The van der Waals surface area contributed by atoms with Gasteiger partial charge >= 0.3 is 0 Å². The lowest BCUT2D eigenvalue weighted by atomic mass is 9.96. The zero-order valence-electron chi connectivity index (χ0n) is 15.8. The summed E-state index contributed by atoms with van der Waals surface area (Å²) in [6.45, 7) is 2.46. The van der Waals surface area contributed by atoms with Crippen LogP contribution < -0.4 is 10.6 Å². The Morgan fingerprint density at radius 3 is 2.75 bits per heavy atom. The highest BCUT2D eigenvalue weighted by atomic mass is 32.1. The van der Waals surface area contributed by atoms with E-state index in [2.05, 4.69) is 15.6 Å². The minimum Gasteiger partial charge on any atom is -0.349 e. The van der Waals surface area contributed by atoms with E-state index >= 15 is 0 Å². The van der Waals surface area contributed by atoms with Gasteiger partial charge in [0.15, 0.2) is 5.13 Å². The third-order valence-corrected chi connectivity index (χ3v) is 5.45. The summed E-state index contributed by atoms with van der Waals surface area (Å²) in [5, 5.41) is 8.05. The van der Waals surface area contributed by atoms with E-state index < -0.39 is 0 Å². The molecule has 0 spiro atoms. The van der Waals surface area contributed by atoms with E-state index in [0.29, 0.717) is 18.2 Å². The lowest BCUT2D eigenvalue weighted by Crippen LogP contribution is -2.45. The van der Waals surface area contributed by atoms with Crippen LogP contribution in [0.15, 0.2) is 41.9 Å². The highest BCUT2D eigenvalue weighted by Gasteiger charge is 2.30. The molecule has 3 amide bonds. The lowest BCUT2D eigenvalue weighted by Gasteiger charge is -2.33. The van der Waals surface area contributed by atoms with Gasteiger partial charge in [-0.05, 0) is 18.4 Å². The Balaban J connectivity index is 1.62. The summed E-state index contributed by atoms with van der Waals surface area (Å²) in [7, 11) is 0. The van der Waals surface area contributed by atoms with Crippen LogP contribution in [0.3, 0.4) is 0 Å². The van der Waals surface area contributed by atoms with Crippen molar-refractivity contribution in [2.24, 2.45) is 5.92 Å². The van der Waals surface area contributed by atoms with Gasteiger partial charge < -0.3 is 15.5 Å². The molecule has 2 N–H and O–H groups in total. The van der Waals surface area contributed by atoms with Gasteiger partial charge in [0.2, 0.25) is 17.7 Å². The van der Waals surface area contributed by atoms with Crippen molar-refractivity contribution in [2.75, 3.05) is 18.4 Å². The summed E-state index contributed by atoms with van der Waals surface area (Å²) >= 11 is 1.37. The minimum atomic E-state index is -0.379. The summed E-state index contributed by atoms with van der Waals surface area (Å²) in [6, 6.07) is 9.08. The zero-order chi connectivity index (χ0) is 19.9. The molecular weight excluding hydrogens is 376 g/mol. The number of likely N-dealkylation sites (tertiary alicyclic amines) is 1. The average Bonchev–Trinajstić information content (AvgIpc) is 3.21. The number of nitrogens with zero attached hydrogens (tertiary/aromatic N) is 2. The first kappa shape index (κ1) is 20.0. The van der Waals surface area contributed by atoms with Crippen LogP contribution in [0.2, 0.25) is 0 Å². The standard InChI is InChI=1S/C20H24N4O3S/c1-14(25)22-17(15-6-3-2-4-7-15)12-18(26)24-10-5-8-16(13-24)19(27)23-20-21-9-11-28-20/h2-4,6-7,9,11,16-17H,5,8,10,12-13H2,1H3,(H,22,25)(H,21,23,27). The van der Waals surface area contributed by atoms with Crippen LogP contribution in [0.25, 0.3) is 0 Å². The van der Waals surface area contributed by atoms with Crippen LogP contribution in [0.5, 0.6) is 0 Å². The molecule has 8 heteroatoms. The van der Waals surface area contributed by atoms with E-state index in [1.807, 2.05) is 30.3 Å². The molecule has 1 saturated heterocycles. The first-order chi connectivity index (χ1) is 13.5. The SMILES string of the molecule is CC(=O)NC(CC(=O)N1CCCC(C(=O)Nc2nccs2)C1)c1ccccc1. The maximum absolute atomic E-state index is 12.9. The maximum atomic E-state index is 12.9. The van der Waals surface area contributed by atoms with E-state index in [9.17, 15) is 14.4 Å². The molecule has 2 aromatic rings. The third-order valence-electron chi connectivity index (χ3n) is 4.77. The van der Waals surface area contributed by atoms with Gasteiger partial charge in [0, 0.05) is 31.6 Å². The summed E-state index contributed by atoms with van der Waals surface area (Å²) in [5.41, 5.74) is 0.890. The Morgan fingerprint density at radius 2 is 2.07 bits per heavy atom. The largest absolute Gasteiger partial charge is 0.349 e. The van der Waals surface area contributed by atoms with Crippen LogP contribution in [0.1, 0.15) is 37.8 Å². The molecule has 1 fully saturated rings. The van der Waals surface area contributed by atoms with Crippen LogP contribution in [-0.2, 0) is 14.4 Å². The molecule has 28 heavy (non-hydrogen) atoms. The van der Waals surface area contributed by atoms with Crippen molar-refractivity contribution in [2.45, 2.75) is 32.2 Å². The molecule has 0 aliphatic carbocycles. The molecule has 1 aliphatic heterocycles. The summed E-state index contributed by atoms with van der Waals surface area (Å²) in [5.74, 6) is -0.596. The molecule has 7 nitrogen and oxygen atoms in total. The van der Waals surface area contributed by atoms with Crippen molar-refractivity contribution in [3.63, 3.8) is 0 Å². The average molecular weight is 401 g/mol. The van der Waals surface area contributed by atoms with Crippen LogP contribution >= 0.6 is 11.3 Å². The number of hydrogen-bond acceptors (Lipinski definition) is 5. The molecule has 0 bridgehead atoms. The molecule has 1 aromatic heterocycles. The lowest BCUT2D eigenvalue weighted by molar-refractivity contribution is -0.135. The maximum Gasteiger partial charge on any atom is 0.231 e. The number of carbonyl (C=O) groups excluding carboxylic acids is 3. The van der Waals surface area contributed by atoms with Crippen LogP contribution in [-0.4, -0.2) is 40.7 Å². The van der Waals surface area contributed by atoms with Gasteiger partial charge in [-0.1, -0.05) is 30.3 Å². The summed E-state index contributed by atoms with van der Waals surface area (Å²) in [4.78, 5) is 42.7. The Hall–Kier alpha value is -2.74. The van der Waals surface area contributed by atoms with E-state index in [1.165, 1.54) is 18.3 Å². The number of hydrogen-bond donors (Lipinski definition) is 2. The first-order valence-corrected chi connectivity index (χ1v) is 10.2. The third kappa shape index (κ3) is 5.39. The molecule has 148 valence electrons. The Morgan fingerprint density at radius 1 is 1.29 bits per heavy atom. The topological polar surface area (TPSA) is 91.4 Å². The number of thiazole rings is 1. The molecule has 1 aromatic carbocycles. The van der Waals surface area contributed by atoms with Gasteiger partial charge in [0.05, 0.1) is 18.4 Å². The predicted octanol–water partition coefficient (Wildman–Crippen LogP) is 2.59.